The number of ether oxygens (including phenoxy) is 1. The van der Waals surface area contributed by atoms with Crippen molar-refractivity contribution in [1.29, 1.82) is 0 Å². The molecule has 0 saturated carbocycles. The van der Waals surface area contributed by atoms with Crippen LogP contribution >= 0.6 is 23.5 Å². The predicted octanol–water partition coefficient (Wildman–Crippen LogP) is 6.64. The molecule has 0 spiro atoms. The summed E-state index contributed by atoms with van der Waals surface area (Å²) in [7, 11) is 1.00. The first kappa shape index (κ1) is 33.0. The van der Waals surface area contributed by atoms with Crippen molar-refractivity contribution >= 4 is 35.1 Å². The average molecular weight is 576 g/mol. The Kier molecular flexibility index (Phi) is 16.1. The molecule has 0 aromatic heterocycles. The normalized spacial score (nSPS) is 15.6. The Morgan fingerprint density at radius 3 is 2.77 bits per heavy atom. The molecule has 0 aliphatic carbocycles. The smallest absolute Gasteiger partial charge is 0.248 e. The highest BCUT2D eigenvalue weighted by atomic mass is 35.5. The van der Waals surface area contributed by atoms with Gasteiger partial charge in [-0.2, -0.15) is 0 Å². The predicted molar refractivity (Wildman–Crippen MR) is 167 cm³/mol. The fourth-order valence-corrected chi connectivity index (χ4v) is 5.45. The van der Waals surface area contributed by atoms with Crippen molar-refractivity contribution in [1.82, 2.24) is 0 Å². The number of aliphatic hydroxyl groups is 1. The fourth-order valence-electron chi connectivity index (χ4n) is 4.90. The number of unbranched alkanes of at least 4 members (excludes halogenated alkanes) is 1. The van der Waals surface area contributed by atoms with Crippen LogP contribution in [0.4, 0.5) is 5.69 Å². The number of fused-ring (bicyclic) bond motifs is 1. The summed E-state index contributed by atoms with van der Waals surface area (Å²) in [6, 6.07) is 13.7. The first-order chi connectivity index (χ1) is 19.0. The highest BCUT2D eigenvalue weighted by Gasteiger charge is 2.24. The zero-order valence-corrected chi connectivity index (χ0v) is 25.1. The van der Waals surface area contributed by atoms with Gasteiger partial charge in [0, 0.05) is 42.5 Å². The summed E-state index contributed by atoms with van der Waals surface area (Å²) >= 11 is 7.58. The van der Waals surface area contributed by atoms with E-state index in [0.717, 1.165) is 93.8 Å². The molecular weight excluding hydrogens is 530 g/mol. The quantitative estimate of drug-likeness (QED) is 0.125. The summed E-state index contributed by atoms with van der Waals surface area (Å²) in [6.07, 6.45) is 13.3. The molecule has 1 unspecified atom stereocenters. The monoisotopic (exact) mass is 575 g/mol. The Labute approximate surface area is 244 Å². The maximum atomic E-state index is 11.9. The van der Waals surface area contributed by atoms with Gasteiger partial charge >= 0.3 is 0 Å². The number of hydrogen-bond donors (Lipinski definition) is 3. The van der Waals surface area contributed by atoms with Gasteiger partial charge in [-0.25, -0.2) is 0 Å². The molecule has 0 saturated heterocycles. The van der Waals surface area contributed by atoms with E-state index >= 15 is 0 Å². The molecular formula is C31H46ClN3O3S. The number of benzene rings is 2. The zero-order chi connectivity index (χ0) is 28.5. The van der Waals surface area contributed by atoms with Gasteiger partial charge in [0.25, 0.3) is 0 Å². The number of anilines is 1. The Morgan fingerprint density at radius 1 is 1.23 bits per heavy atom. The number of primary amides is 1. The van der Waals surface area contributed by atoms with Crippen LogP contribution in [0.2, 0.25) is 5.02 Å². The molecule has 1 aliphatic rings. The number of halogens is 1. The standard InChI is InChI=1S/C30H42ClN3O2S.CH4O/c1-2-23(9-5-3-4-6-18-37-33)16-17-34-21-25(12-7-10-24-11-8-13-27(31)19-24)22-36-29-15-14-26(30(32)35)20-28(29)34;1-2/h3,5,8,11,13-15,19-20,23,25H,2,4,6-7,9-10,12,16-18,21-22,33H2,1H3,(H2,32,35);2H,1H3/b5-3+;/t23-,25?;/m0./s1. The van der Waals surface area contributed by atoms with Crippen LogP contribution in [0.25, 0.3) is 0 Å². The molecule has 1 aliphatic heterocycles. The first-order valence-corrected chi connectivity index (χ1v) is 15.4. The number of nitrogens with zero attached hydrogens (tertiary/aromatic N) is 1. The summed E-state index contributed by atoms with van der Waals surface area (Å²) in [6.45, 7) is 4.79. The van der Waals surface area contributed by atoms with E-state index in [2.05, 4.69) is 36.1 Å². The number of aryl methyl sites for hydroxylation is 1. The van der Waals surface area contributed by atoms with Crippen LogP contribution < -0.4 is 20.5 Å². The van der Waals surface area contributed by atoms with E-state index in [-0.39, 0.29) is 0 Å². The Balaban J connectivity index is 0.00000260. The number of aliphatic hydroxyl groups excluding tert-OH is 1. The van der Waals surface area contributed by atoms with Gasteiger partial charge in [0.2, 0.25) is 5.91 Å². The van der Waals surface area contributed by atoms with E-state index < -0.39 is 5.91 Å². The van der Waals surface area contributed by atoms with E-state index in [1.54, 1.807) is 6.07 Å². The van der Waals surface area contributed by atoms with E-state index in [4.69, 9.17) is 32.3 Å². The van der Waals surface area contributed by atoms with Gasteiger partial charge < -0.3 is 20.5 Å². The highest BCUT2D eigenvalue weighted by molar-refractivity contribution is 7.97. The number of carbonyl (C=O) groups is 1. The van der Waals surface area contributed by atoms with Crippen LogP contribution in [0.5, 0.6) is 5.75 Å². The summed E-state index contributed by atoms with van der Waals surface area (Å²) in [5, 5.41) is 13.3. The number of carbonyl (C=O) groups excluding carboxylic acids is 1. The Bertz CT molecular complexity index is 1020. The van der Waals surface area contributed by atoms with Crippen molar-refractivity contribution in [3.8, 4) is 5.75 Å². The van der Waals surface area contributed by atoms with Gasteiger partial charge in [-0.3, -0.25) is 9.93 Å². The zero-order valence-electron chi connectivity index (χ0n) is 23.5. The molecule has 0 radical (unpaired) electrons. The molecule has 216 valence electrons. The van der Waals surface area contributed by atoms with Gasteiger partial charge in [0.15, 0.2) is 0 Å². The minimum Gasteiger partial charge on any atom is -0.491 e. The first-order valence-electron chi connectivity index (χ1n) is 14.0. The van der Waals surface area contributed by atoms with Crippen LogP contribution in [0.3, 0.4) is 0 Å². The maximum Gasteiger partial charge on any atom is 0.248 e. The number of allylic oxidation sites excluding steroid dienone is 2. The molecule has 0 fully saturated rings. The lowest BCUT2D eigenvalue weighted by atomic mass is 9.96. The Hall–Kier alpha value is -2.19. The number of amides is 1. The van der Waals surface area contributed by atoms with Gasteiger partial charge in [-0.1, -0.05) is 61.2 Å². The third-order valence-electron chi connectivity index (χ3n) is 7.16. The molecule has 1 amide bonds. The molecule has 5 N–H and O–H groups in total. The van der Waals surface area contributed by atoms with E-state index in [1.807, 2.05) is 24.3 Å². The molecule has 8 heteroatoms. The largest absolute Gasteiger partial charge is 0.491 e. The van der Waals surface area contributed by atoms with Crippen molar-refractivity contribution in [2.75, 3.05) is 37.5 Å². The lowest BCUT2D eigenvalue weighted by Gasteiger charge is -2.28. The van der Waals surface area contributed by atoms with Crippen molar-refractivity contribution < 1.29 is 14.6 Å². The number of hydrogen-bond acceptors (Lipinski definition) is 6. The number of nitrogens with two attached hydrogens (primary N) is 2. The molecule has 2 aromatic carbocycles. The molecule has 1 heterocycles. The van der Waals surface area contributed by atoms with Crippen molar-refractivity contribution in [3.05, 3.63) is 70.8 Å². The lowest BCUT2D eigenvalue weighted by molar-refractivity contribution is 0.1000. The van der Waals surface area contributed by atoms with Crippen LogP contribution in [0.15, 0.2) is 54.6 Å². The van der Waals surface area contributed by atoms with Crippen molar-refractivity contribution in [2.45, 2.75) is 58.3 Å². The molecule has 6 nitrogen and oxygen atoms in total. The molecule has 0 bridgehead atoms. The summed E-state index contributed by atoms with van der Waals surface area (Å²) in [5.41, 5.74) is 8.39. The minimum atomic E-state index is -0.408. The van der Waals surface area contributed by atoms with Crippen LogP contribution in [-0.2, 0) is 6.42 Å². The topological polar surface area (TPSA) is 102 Å². The van der Waals surface area contributed by atoms with E-state index in [9.17, 15) is 4.79 Å². The SMILES string of the molecule is CC[C@@H](C/C=C/CCCSN)CCN1CC(CCCc2cccc(Cl)c2)COc2ccc(C(N)=O)cc21.CO. The van der Waals surface area contributed by atoms with Gasteiger partial charge in [-0.05, 0) is 86.8 Å². The third-order valence-corrected chi connectivity index (χ3v) is 7.92. The maximum absolute atomic E-state index is 11.9. The second-order valence-electron chi connectivity index (χ2n) is 9.98. The van der Waals surface area contributed by atoms with Gasteiger partial charge in [0.1, 0.15) is 5.75 Å². The van der Waals surface area contributed by atoms with Crippen molar-refractivity contribution in [3.63, 3.8) is 0 Å². The summed E-state index contributed by atoms with van der Waals surface area (Å²) in [4.78, 5) is 14.3. The minimum absolute atomic E-state index is 0.406. The van der Waals surface area contributed by atoms with Crippen molar-refractivity contribution in [2.24, 2.45) is 22.7 Å². The molecule has 3 rings (SSSR count). The molecule has 2 aromatic rings. The van der Waals surface area contributed by atoms with Crippen LogP contribution in [0.1, 0.15) is 67.8 Å². The van der Waals surface area contributed by atoms with Crippen LogP contribution in [0, 0.1) is 11.8 Å². The second kappa shape index (κ2) is 19.0. The summed E-state index contributed by atoms with van der Waals surface area (Å²) in [5.74, 6) is 2.46. The molecule has 2 atom stereocenters. The summed E-state index contributed by atoms with van der Waals surface area (Å²) < 4.78 is 6.26. The van der Waals surface area contributed by atoms with Gasteiger partial charge in [-0.15, -0.1) is 0 Å². The highest BCUT2D eigenvalue weighted by Crippen LogP contribution is 2.35. The fraction of sp³-hybridized carbons (Fsp3) is 0.516. The number of rotatable bonds is 15. The van der Waals surface area contributed by atoms with E-state index in [0.29, 0.717) is 24.0 Å². The second-order valence-corrected chi connectivity index (χ2v) is 11.2. The Morgan fingerprint density at radius 2 is 2.05 bits per heavy atom. The van der Waals surface area contributed by atoms with E-state index in [1.165, 1.54) is 17.5 Å². The molecule has 39 heavy (non-hydrogen) atoms. The third kappa shape index (κ3) is 11.8. The lowest BCUT2D eigenvalue weighted by Crippen LogP contribution is -2.32. The van der Waals surface area contributed by atoms with Crippen LogP contribution in [-0.4, -0.2) is 43.6 Å². The van der Waals surface area contributed by atoms with Gasteiger partial charge in [0.05, 0.1) is 12.3 Å². The average Bonchev–Trinajstić information content (AvgIpc) is 3.12.